The van der Waals surface area contributed by atoms with Crippen LogP contribution in [0.5, 0.6) is 0 Å². The molecule has 0 aromatic heterocycles. The van der Waals surface area contributed by atoms with Gasteiger partial charge < -0.3 is 0 Å². The summed E-state index contributed by atoms with van der Waals surface area (Å²) in [5.74, 6) is -1.48. The second-order valence-electron chi connectivity index (χ2n) is 1.68. The van der Waals surface area contributed by atoms with E-state index < -0.39 is 11.7 Å². The molecule has 0 rings (SSSR count). The van der Waals surface area contributed by atoms with Gasteiger partial charge in [-0.1, -0.05) is 29.1 Å². The summed E-state index contributed by atoms with van der Waals surface area (Å²) in [5, 5.41) is 0.294. The summed E-state index contributed by atoms with van der Waals surface area (Å²) in [6.45, 7) is 6.20. The molecule has 0 aliphatic heterocycles. The maximum absolute atomic E-state index is 12.5. The minimum absolute atomic E-state index is 0.207. The third-order valence-corrected chi connectivity index (χ3v) is 1.46. The SMILES string of the molecule is C=C(F)/C=C(/F)C(=C)CBr. The van der Waals surface area contributed by atoms with Crippen LogP contribution in [0, 0.1) is 0 Å². The van der Waals surface area contributed by atoms with Crippen LogP contribution < -0.4 is 0 Å². The zero-order valence-corrected chi connectivity index (χ0v) is 6.92. The normalized spacial score (nSPS) is 11.3. The Labute approximate surface area is 67.1 Å². The quantitative estimate of drug-likeness (QED) is 0.494. The second kappa shape index (κ2) is 4.39. The van der Waals surface area contributed by atoms with Crippen LogP contribution in [0.2, 0.25) is 0 Å². The average Bonchev–Trinajstić information content (AvgIpc) is 1.85. The van der Waals surface area contributed by atoms with Crippen molar-refractivity contribution in [3.63, 3.8) is 0 Å². The zero-order chi connectivity index (χ0) is 8.15. The molecule has 0 atom stereocenters. The van der Waals surface area contributed by atoms with Crippen molar-refractivity contribution >= 4 is 15.9 Å². The van der Waals surface area contributed by atoms with Gasteiger partial charge in [0.1, 0.15) is 11.7 Å². The third kappa shape index (κ3) is 3.56. The van der Waals surface area contributed by atoms with Crippen LogP contribution in [0.3, 0.4) is 0 Å². The van der Waals surface area contributed by atoms with Gasteiger partial charge in [0, 0.05) is 11.4 Å². The van der Waals surface area contributed by atoms with Gasteiger partial charge in [0.05, 0.1) is 0 Å². The molecule has 0 unspecified atom stereocenters. The molecule has 56 valence electrons. The lowest BCUT2D eigenvalue weighted by Gasteiger charge is -1.94. The molecule has 0 bridgehead atoms. The minimum Gasteiger partial charge on any atom is -0.208 e. The Balaban J connectivity index is 4.19. The molecule has 3 heteroatoms. The Morgan fingerprint density at radius 1 is 1.40 bits per heavy atom. The van der Waals surface area contributed by atoms with Gasteiger partial charge in [-0.3, -0.25) is 0 Å². The van der Waals surface area contributed by atoms with Gasteiger partial charge in [0.15, 0.2) is 0 Å². The van der Waals surface area contributed by atoms with Crippen molar-refractivity contribution in [2.45, 2.75) is 0 Å². The summed E-state index contributed by atoms with van der Waals surface area (Å²) in [7, 11) is 0. The molecule has 0 saturated carbocycles. The van der Waals surface area contributed by atoms with Gasteiger partial charge in [-0.15, -0.1) is 0 Å². The first-order valence-corrected chi connectivity index (χ1v) is 3.65. The molecule has 0 saturated heterocycles. The van der Waals surface area contributed by atoms with Gasteiger partial charge in [-0.05, 0) is 5.57 Å². The van der Waals surface area contributed by atoms with Crippen molar-refractivity contribution < 1.29 is 8.78 Å². The molecular weight excluding hydrogens is 202 g/mol. The molecule has 10 heavy (non-hydrogen) atoms. The van der Waals surface area contributed by atoms with Crippen LogP contribution in [-0.4, -0.2) is 5.33 Å². The van der Waals surface area contributed by atoms with E-state index in [4.69, 9.17) is 0 Å². The maximum Gasteiger partial charge on any atom is 0.129 e. The van der Waals surface area contributed by atoms with Gasteiger partial charge in [0.25, 0.3) is 0 Å². The first kappa shape index (κ1) is 9.56. The molecule has 0 spiro atoms. The summed E-state index contributed by atoms with van der Waals surface area (Å²) >= 11 is 2.97. The van der Waals surface area contributed by atoms with E-state index in [1.165, 1.54) is 0 Å². The van der Waals surface area contributed by atoms with Gasteiger partial charge in [-0.25, -0.2) is 8.78 Å². The van der Waals surface area contributed by atoms with E-state index in [0.29, 0.717) is 11.4 Å². The number of allylic oxidation sites excluding steroid dienone is 4. The zero-order valence-electron chi connectivity index (χ0n) is 5.33. The van der Waals surface area contributed by atoms with E-state index >= 15 is 0 Å². The van der Waals surface area contributed by atoms with Crippen LogP contribution in [0.25, 0.3) is 0 Å². The molecule has 0 heterocycles. The standard InChI is InChI=1S/C7H7BrF2/c1-5(4-8)7(10)3-6(2)9/h3H,1-2,4H2/b7-3+. The monoisotopic (exact) mass is 208 g/mol. The fourth-order valence-corrected chi connectivity index (χ4v) is 0.571. The number of hydrogen-bond acceptors (Lipinski definition) is 0. The Morgan fingerprint density at radius 3 is 2.20 bits per heavy atom. The van der Waals surface area contributed by atoms with Crippen molar-refractivity contribution in [3.05, 3.63) is 36.5 Å². The van der Waals surface area contributed by atoms with E-state index in [1.807, 2.05) is 0 Å². The smallest absolute Gasteiger partial charge is 0.129 e. The summed E-state index contributed by atoms with van der Waals surface area (Å²) in [6.07, 6.45) is 0.698. The Morgan fingerprint density at radius 2 is 1.90 bits per heavy atom. The summed E-state index contributed by atoms with van der Waals surface area (Å²) in [5.41, 5.74) is 0.207. The molecule has 0 aliphatic rings. The fraction of sp³-hybridized carbons (Fsp3) is 0.143. The Hall–Kier alpha value is -0.440. The lowest BCUT2D eigenvalue weighted by atomic mass is 10.3. The highest BCUT2D eigenvalue weighted by Crippen LogP contribution is 2.13. The lowest BCUT2D eigenvalue weighted by Crippen LogP contribution is -1.81. The largest absolute Gasteiger partial charge is 0.208 e. The van der Waals surface area contributed by atoms with Gasteiger partial charge >= 0.3 is 0 Å². The Bertz CT molecular complexity index is 182. The number of halogens is 3. The average molecular weight is 209 g/mol. The van der Waals surface area contributed by atoms with E-state index in [-0.39, 0.29) is 5.57 Å². The predicted octanol–water partition coefficient (Wildman–Crippen LogP) is 3.27. The minimum atomic E-state index is -0.806. The van der Waals surface area contributed by atoms with Crippen LogP contribution in [0.15, 0.2) is 36.5 Å². The highest BCUT2D eigenvalue weighted by molar-refractivity contribution is 9.09. The topological polar surface area (TPSA) is 0 Å². The predicted molar refractivity (Wildman–Crippen MR) is 42.4 cm³/mol. The van der Waals surface area contributed by atoms with E-state index in [1.54, 1.807) is 0 Å². The molecule has 0 radical (unpaired) electrons. The van der Waals surface area contributed by atoms with E-state index in [0.717, 1.165) is 0 Å². The van der Waals surface area contributed by atoms with Crippen LogP contribution in [0.4, 0.5) is 8.78 Å². The second-order valence-corrected chi connectivity index (χ2v) is 2.24. The number of alkyl halides is 1. The summed E-state index contributed by atoms with van der Waals surface area (Å²) in [6, 6.07) is 0. The fourth-order valence-electron chi connectivity index (χ4n) is 0.303. The highest BCUT2D eigenvalue weighted by atomic mass is 79.9. The van der Waals surface area contributed by atoms with Crippen LogP contribution in [0.1, 0.15) is 0 Å². The molecule has 0 nitrogen and oxygen atoms in total. The van der Waals surface area contributed by atoms with Crippen molar-refractivity contribution in [1.82, 2.24) is 0 Å². The van der Waals surface area contributed by atoms with Crippen LogP contribution in [-0.2, 0) is 0 Å². The third-order valence-electron chi connectivity index (χ3n) is 0.782. The molecular formula is C7H7BrF2. The lowest BCUT2D eigenvalue weighted by molar-refractivity contribution is 0.625. The molecule has 0 fully saturated rings. The molecule has 0 aromatic rings. The Kier molecular flexibility index (Phi) is 4.19. The molecule has 0 aromatic carbocycles. The van der Waals surface area contributed by atoms with E-state index in [2.05, 4.69) is 29.1 Å². The number of hydrogen-bond donors (Lipinski definition) is 0. The molecule has 0 aliphatic carbocycles. The highest BCUT2D eigenvalue weighted by Gasteiger charge is 1.98. The van der Waals surface area contributed by atoms with Crippen molar-refractivity contribution in [2.75, 3.05) is 5.33 Å². The maximum atomic E-state index is 12.5. The first-order chi connectivity index (χ1) is 4.57. The summed E-state index contributed by atoms with van der Waals surface area (Å²) in [4.78, 5) is 0. The first-order valence-electron chi connectivity index (χ1n) is 2.53. The van der Waals surface area contributed by atoms with Gasteiger partial charge in [0.2, 0.25) is 0 Å². The van der Waals surface area contributed by atoms with Crippen molar-refractivity contribution in [2.24, 2.45) is 0 Å². The summed E-state index contributed by atoms with van der Waals surface area (Å²) < 4.78 is 24.4. The van der Waals surface area contributed by atoms with Crippen molar-refractivity contribution in [1.29, 1.82) is 0 Å². The number of rotatable bonds is 3. The van der Waals surface area contributed by atoms with Crippen LogP contribution >= 0.6 is 15.9 Å². The molecule has 0 amide bonds. The van der Waals surface area contributed by atoms with E-state index in [9.17, 15) is 8.78 Å². The van der Waals surface area contributed by atoms with Gasteiger partial charge in [-0.2, -0.15) is 0 Å². The van der Waals surface area contributed by atoms with Crippen molar-refractivity contribution in [3.8, 4) is 0 Å². The molecule has 0 N–H and O–H groups in total.